The number of hydrogen-bond acceptors (Lipinski definition) is 6. The summed E-state index contributed by atoms with van der Waals surface area (Å²) < 4.78 is 17.7. The molecule has 3 aliphatic rings. The summed E-state index contributed by atoms with van der Waals surface area (Å²) in [6.07, 6.45) is 2.22. The average molecular weight is 395 g/mol. The van der Waals surface area contributed by atoms with Crippen LogP contribution >= 0.6 is 0 Å². The van der Waals surface area contributed by atoms with Crippen LogP contribution < -0.4 is 0 Å². The molecule has 0 aromatic carbocycles. The Morgan fingerprint density at radius 2 is 1.82 bits per heavy atom. The molecule has 3 fully saturated rings. The van der Waals surface area contributed by atoms with Crippen LogP contribution in [0.4, 0.5) is 0 Å². The maximum atomic E-state index is 12.6. The second-order valence-corrected chi connectivity index (χ2v) is 9.63. The minimum atomic E-state index is -1.00. The quantitative estimate of drug-likeness (QED) is 0.448. The summed E-state index contributed by atoms with van der Waals surface area (Å²) in [5.41, 5.74) is -1.54. The molecule has 1 heterocycles. The van der Waals surface area contributed by atoms with Gasteiger partial charge >= 0.3 is 11.9 Å². The van der Waals surface area contributed by atoms with E-state index in [9.17, 15) is 14.7 Å². The molecule has 0 bridgehead atoms. The van der Waals surface area contributed by atoms with Gasteiger partial charge < -0.3 is 19.3 Å². The van der Waals surface area contributed by atoms with E-state index < -0.39 is 28.8 Å². The van der Waals surface area contributed by atoms with Crippen molar-refractivity contribution in [1.29, 1.82) is 0 Å². The SMILES string of the molecule is C/C=C(/C)C(=O)O[C@H]1CC2(C)OC2[C@@H](OC(C)=O)[C@@]2(C)CC[C@@](O)(C(C)C)[C@H]12. The molecule has 1 N–H and O–H groups in total. The Morgan fingerprint density at radius 1 is 1.18 bits per heavy atom. The van der Waals surface area contributed by atoms with E-state index in [1.165, 1.54) is 6.92 Å². The van der Waals surface area contributed by atoms with Crippen LogP contribution in [0.1, 0.15) is 67.7 Å². The minimum Gasteiger partial charge on any atom is -0.459 e. The standard InChI is InChI=1S/C22H34O6/c1-8-13(4)19(24)27-15-11-21(7)18(28-21)17(26-14(5)23)20(6)9-10-22(25,12(2)3)16(15)20/h8,12,15-18,25H,9-11H2,1-7H3/b13-8-/t15-,16+,17+,18?,20-,21?,22+/m0/s1. The van der Waals surface area contributed by atoms with E-state index in [1.54, 1.807) is 19.9 Å². The zero-order valence-corrected chi connectivity index (χ0v) is 18.1. The predicted octanol–water partition coefficient (Wildman–Crippen LogP) is 3.16. The van der Waals surface area contributed by atoms with Crippen LogP contribution in [0, 0.1) is 17.3 Å². The van der Waals surface area contributed by atoms with Crippen molar-refractivity contribution in [1.82, 2.24) is 0 Å². The van der Waals surface area contributed by atoms with Crippen molar-refractivity contribution < 1.29 is 28.9 Å². The van der Waals surface area contributed by atoms with Gasteiger partial charge in [-0.25, -0.2) is 4.79 Å². The first-order valence-electron chi connectivity index (χ1n) is 10.3. The zero-order chi connectivity index (χ0) is 21.1. The van der Waals surface area contributed by atoms with Crippen LogP contribution in [0.25, 0.3) is 0 Å². The van der Waals surface area contributed by atoms with Gasteiger partial charge in [0.05, 0.1) is 11.2 Å². The van der Waals surface area contributed by atoms with Crippen molar-refractivity contribution in [2.45, 2.75) is 97.2 Å². The molecule has 7 atom stereocenters. The molecule has 0 aromatic heterocycles. The lowest BCUT2D eigenvalue weighted by Crippen LogP contribution is -2.54. The molecule has 6 heteroatoms. The van der Waals surface area contributed by atoms with E-state index in [0.717, 1.165) is 0 Å². The highest BCUT2D eigenvalue weighted by atomic mass is 16.6. The Hall–Kier alpha value is -1.40. The molecular weight excluding hydrogens is 360 g/mol. The van der Waals surface area contributed by atoms with Crippen molar-refractivity contribution >= 4 is 11.9 Å². The minimum absolute atomic E-state index is 0.0236. The topological polar surface area (TPSA) is 85.4 Å². The number of fused-ring (bicyclic) bond motifs is 2. The Kier molecular flexibility index (Phi) is 5.20. The molecule has 158 valence electrons. The lowest BCUT2D eigenvalue weighted by atomic mass is 9.66. The fourth-order valence-corrected chi connectivity index (χ4v) is 5.56. The van der Waals surface area contributed by atoms with Gasteiger partial charge in [0.25, 0.3) is 0 Å². The number of allylic oxidation sites excluding steroid dienone is 1. The van der Waals surface area contributed by atoms with Crippen LogP contribution in [0.15, 0.2) is 11.6 Å². The van der Waals surface area contributed by atoms with Crippen LogP contribution in [-0.4, -0.2) is 46.6 Å². The molecular formula is C22H34O6. The van der Waals surface area contributed by atoms with Gasteiger partial charge in [-0.2, -0.15) is 0 Å². The molecule has 2 unspecified atom stereocenters. The van der Waals surface area contributed by atoms with E-state index in [1.807, 2.05) is 27.7 Å². The monoisotopic (exact) mass is 394 g/mol. The van der Waals surface area contributed by atoms with Crippen molar-refractivity contribution in [2.24, 2.45) is 17.3 Å². The summed E-state index contributed by atoms with van der Waals surface area (Å²) in [6.45, 7) is 12.9. The molecule has 28 heavy (non-hydrogen) atoms. The smallest absolute Gasteiger partial charge is 0.333 e. The van der Waals surface area contributed by atoms with Crippen molar-refractivity contribution in [3.05, 3.63) is 11.6 Å². The van der Waals surface area contributed by atoms with Gasteiger partial charge in [0.1, 0.15) is 18.3 Å². The zero-order valence-electron chi connectivity index (χ0n) is 18.1. The first-order valence-corrected chi connectivity index (χ1v) is 10.3. The largest absolute Gasteiger partial charge is 0.459 e. The van der Waals surface area contributed by atoms with Crippen molar-refractivity contribution in [2.75, 3.05) is 0 Å². The normalized spacial score (nSPS) is 45.1. The third-order valence-corrected chi connectivity index (χ3v) is 7.46. The molecule has 1 saturated heterocycles. The van der Waals surface area contributed by atoms with Crippen molar-refractivity contribution in [3.8, 4) is 0 Å². The molecule has 6 nitrogen and oxygen atoms in total. The van der Waals surface area contributed by atoms with E-state index in [-0.39, 0.29) is 29.9 Å². The predicted molar refractivity (Wildman–Crippen MR) is 103 cm³/mol. The number of esters is 2. The average Bonchev–Trinajstić information content (AvgIpc) is 3.17. The van der Waals surface area contributed by atoms with Gasteiger partial charge in [-0.15, -0.1) is 0 Å². The molecule has 0 spiro atoms. The summed E-state index contributed by atoms with van der Waals surface area (Å²) in [5, 5.41) is 11.7. The number of aliphatic hydroxyl groups is 1. The Balaban J connectivity index is 2.07. The molecule has 0 aromatic rings. The first-order chi connectivity index (χ1) is 12.9. The highest BCUT2D eigenvalue weighted by molar-refractivity contribution is 5.87. The lowest BCUT2D eigenvalue weighted by molar-refractivity contribution is -0.181. The van der Waals surface area contributed by atoms with Crippen LogP contribution in [0.2, 0.25) is 0 Å². The molecule has 3 rings (SSSR count). The maximum Gasteiger partial charge on any atom is 0.333 e. The molecule has 1 aliphatic heterocycles. The van der Waals surface area contributed by atoms with E-state index in [0.29, 0.717) is 24.8 Å². The van der Waals surface area contributed by atoms with Crippen molar-refractivity contribution in [3.63, 3.8) is 0 Å². The van der Waals surface area contributed by atoms with E-state index in [4.69, 9.17) is 14.2 Å². The fraction of sp³-hybridized carbons (Fsp3) is 0.818. The number of hydrogen-bond donors (Lipinski definition) is 1. The highest BCUT2D eigenvalue weighted by Crippen LogP contribution is 2.64. The molecule has 0 radical (unpaired) electrons. The fourth-order valence-electron chi connectivity index (χ4n) is 5.56. The Bertz CT molecular complexity index is 699. The maximum absolute atomic E-state index is 12.6. The summed E-state index contributed by atoms with van der Waals surface area (Å²) >= 11 is 0. The van der Waals surface area contributed by atoms with Gasteiger partial charge in [-0.3, -0.25) is 4.79 Å². The highest BCUT2D eigenvalue weighted by Gasteiger charge is 2.73. The molecule has 2 saturated carbocycles. The van der Waals surface area contributed by atoms with E-state index >= 15 is 0 Å². The molecule has 2 aliphatic carbocycles. The summed E-state index contributed by atoms with van der Waals surface area (Å²) in [4.78, 5) is 24.5. The van der Waals surface area contributed by atoms with Crippen LogP contribution in [0.5, 0.6) is 0 Å². The van der Waals surface area contributed by atoms with Gasteiger partial charge in [0.15, 0.2) is 0 Å². The Morgan fingerprint density at radius 3 is 2.36 bits per heavy atom. The van der Waals surface area contributed by atoms with Gasteiger partial charge in [0, 0.05) is 30.3 Å². The van der Waals surface area contributed by atoms with E-state index in [2.05, 4.69) is 0 Å². The Labute approximate surface area is 167 Å². The number of carbonyl (C=O) groups excluding carboxylic acids is 2. The summed E-state index contributed by atoms with van der Waals surface area (Å²) in [5.74, 6) is -1.10. The second-order valence-electron chi connectivity index (χ2n) is 9.63. The number of rotatable bonds is 4. The number of ether oxygens (including phenoxy) is 3. The summed E-state index contributed by atoms with van der Waals surface area (Å²) in [7, 11) is 0. The third kappa shape index (κ3) is 3.18. The van der Waals surface area contributed by atoms with Crippen LogP contribution in [0.3, 0.4) is 0 Å². The van der Waals surface area contributed by atoms with Gasteiger partial charge in [0.2, 0.25) is 0 Å². The number of epoxide rings is 1. The summed E-state index contributed by atoms with van der Waals surface area (Å²) in [6, 6.07) is 0. The lowest BCUT2D eigenvalue weighted by Gasteiger charge is -2.45. The first kappa shape index (κ1) is 21.3. The van der Waals surface area contributed by atoms with Crippen LogP contribution in [-0.2, 0) is 23.8 Å². The third-order valence-electron chi connectivity index (χ3n) is 7.46. The molecule has 0 amide bonds. The van der Waals surface area contributed by atoms with Gasteiger partial charge in [-0.1, -0.05) is 26.8 Å². The number of carbonyl (C=O) groups is 2. The second kappa shape index (κ2) is 6.84. The van der Waals surface area contributed by atoms with Gasteiger partial charge in [-0.05, 0) is 39.5 Å².